The smallest absolute Gasteiger partial charge is 0.0848 e. The van der Waals surface area contributed by atoms with Crippen LogP contribution in [0.3, 0.4) is 0 Å². The Kier molecular flexibility index (Phi) is 1.52. The monoisotopic (exact) mass is 221 g/mol. The summed E-state index contributed by atoms with van der Waals surface area (Å²) < 4.78 is 1.07. The van der Waals surface area contributed by atoms with Gasteiger partial charge in [0.1, 0.15) is 0 Å². The fourth-order valence-electron chi connectivity index (χ4n) is 1.79. The van der Waals surface area contributed by atoms with Gasteiger partial charge in [-0.2, -0.15) is 5.26 Å². The lowest BCUT2D eigenvalue weighted by Gasteiger charge is -2.35. The lowest BCUT2D eigenvalue weighted by atomic mass is 9.66. The van der Waals surface area contributed by atoms with Crippen LogP contribution in [-0.2, 0) is 11.8 Å². The first kappa shape index (κ1) is 7.82. The molecule has 0 saturated heterocycles. The Morgan fingerprint density at radius 2 is 2.33 bits per heavy atom. The van der Waals surface area contributed by atoms with Crippen molar-refractivity contribution in [3.05, 3.63) is 33.8 Å². The second kappa shape index (κ2) is 2.34. The highest BCUT2D eigenvalue weighted by molar-refractivity contribution is 9.10. The van der Waals surface area contributed by atoms with Gasteiger partial charge in [-0.1, -0.05) is 28.1 Å². The predicted octanol–water partition coefficient (Wildman–Crippen LogP) is 2.79. The van der Waals surface area contributed by atoms with Gasteiger partial charge in [0.15, 0.2) is 0 Å². The van der Waals surface area contributed by atoms with Crippen molar-refractivity contribution in [3.63, 3.8) is 0 Å². The molecule has 12 heavy (non-hydrogen) atoms. The molecule has 0 radical (unpaired) electrons. The number of rotatable bonds is 0. The highest BCUT2D eigenvalue weighted by Crippen LogP contribution is 2.44. The van der Waals surface area contributed by atoms with E-state index < -0.39 is 0 Å². The molecule has 0 fully saturated rings. The Morgan fingerprint density at radius 1 is 1.58 bits per heavy atom. The topological polar surface area (TPSA) is 23.8 Å². The summed E-state index contributed by atoms with van der Waals surface area (Å²) in [7, 11) is 0. The van der Waals surface area contributed by atoms with Crippen LogP contribution in [0, 0.1) is 11.3 Å². The Bertz CT molecular complexity index is 364. The molecular formula is C10H8BrN. The normalized spacial score (nSPS) is 25.4. The van der Waals surface area contributed by atoms with Crippen molar-refractivity contribution in [2.24, 2.45) is 0 Å². The van der Waals surface area contributed by atoms with Crippen LogP contribution in [0.5, 0.6) is 0 Å². The molecule has 1 unspecified atom stereocenters. The second-order valence-electron chi connectivity index (χ2n) is 3.39. The van der Waals surface area contributed by atoms with Crippen LogP contribution in [-0.4, -0.2) is 0 Å². The first-order chi connectivity index (χ1) is 5.67. The Labute approximate surface area is 80.1 Å². The molecule has 0 aromatic heterocycles. The molecule has 1 atom stereocenters. The van der Waals surface area contributed by atoms with E-state index in [1.807, 2.05) is 19.1 Å². The maximum Gasteiger partial charge on any atom is 0.0848 e. The van der Waals surface area contributed by atoms with E-state index in [1.54, 1.807) is 0 Å². The predicted molar refractivity (Wildman–Crippen MR) is 50.8 cm³/mol. The molecule has 0 spiro atoms. The first-order valence-electron chi connectivity index (χ1n) is 3.86. The number of hydrogen-bond donors (Lipinski definition) is 0. The van der Waals surface area contributed by atoms with Gasteiger partial charge in [0, 0.05) is 4.47 Å². The average molecular weight is 222 g/mol. The lowest BCUT2D eigenvalue weighted by Crippen LogP contribution is -2.34. The standard InChI is InChI=1S/C10H8BrN/c1-10(6-12)5-7-3-2-4-8(11)9(7)10/h2-4H,5H2,1H3. The minimum Gasteiger partial charge on any atom is -0.197 e. The van der Waals surface area contributed by atoms with Crippen LogP contribution in [0.4, 0.5) is 0 Å². The number of benzene rings is 1. The van der Waals surface area contributed by atoms with Crippen molar-refractivity contribution in [1.82, 2.24) is 0 Å². The van der Waals surface area contributed by atoms with Gasteiger partial charge in [0.2, 0.25) is 0 Å². The van der Waals surface area contributed by atoms with Crippen LogP contribution >= 0.6 is 15.9 Å². The summed E-state index contributed by atoms with van der Waals surface area (Å²) in [5.74, 6) is 0. The quantitative estimate of drug-likeness (QED) is 0.662. The SMILES string of the molecule is CC1(C#N)Cc2cccc(Br)c21. The molecule has 0 heterocycles. The highest BCUT2D eigenvalue weighted by Gasteiger charge is 2.40. The summed E-state index contributed by atoms with van der Waals surface area (Å²) in [6.45, 7) is 1.99. The third-order valence-electron chi connectivity index (χ3n) is 2.44. The van der Waals surface area contributed by atoms with Crippen LogP contribution in [0.2, 0.25) is 0 Å². The third kappa shape index (κ3) is 0.834. The Morgan fingerprint density at radius 3 is 2.92 bits per heavy atom. The van der Waals surface area contributed by atoms with Crippen LogP contribution in [0.25, 0.3) is 0 Å². The molecule has 1 aromatic rings. The van der Waals surface area contributed by atoms with E-state index in [4.69, 9.17) is 5.26 Å². The lowest BCUT2D eigenvalue weighted by molar-refractivity contribution is 0.527. The number of fused-ring (bicyclic) bond motifs is 1. The Balaban J connectivity index is 2.61. The van der Waals surface area contributed by atoms with Crippen molar-refractivity contribution in [2.75, 3.05) is 0 Å². The summed E-state index contributed by atoms with van der Waals surface area (Å²) >= 11 is 3.46. The van der Waals surface area contributed by atoms with Crippen LogP contribution < -0.4 is 0 Å². The summed E-state index contributed by atoms with van der Waals surface area (Å²) in [6, 6.07) is 8.43. The minimum absolute atomic E-state index is 0.255. The highest BCUT2D eigenvalue weighted by atomic mass is 79.9. The molecular weight excluding hydrogens is 214 g/mol. The zero-order chi connectivity index (χ0) is 8.77. The number of hydrogen-bond acceptors (Lipinski definition) is 1. The fourth-order valence-corrected chi connectivity index (χ4v) is 2.64. The van der Waals surface area contributed by atoms with Crippen molar-refractivity contribution in [2.45, 2.75) is 18.8 Å². The summed E-state index contributed by atoms with van der Waals surface area (Å²) in [6.07, 6.45) is 0.887. The van der Waals surface area contributed by atoms with E-state index in [0.717, 1.165) is 10.9 Å². The fraction of sp³-hybridized carbons (Fsp3) is 0.300. The Hall–Kier alpha value is -0.810. The molecule has 0 bridgehead atoms. The largest absolute Gasteiger partial charge is 0.197 e. The molecule has 0 amide bonds. The van der Waals surface area contributed by atoms with Gasteiger partial charge in [-0.05, 0) is 30.5 Å². The molecule has 60 valence electrons. The average Bonchev–Trinajstić information content (AvgIpc) is 2.01. The van der Waals surface area contributed by atoms with Crippen molar-refractivity contribution < 1.29 is 0 Å². The van der Waals surface area contributed by atoms with Crippen molar-refractivity contribution >= 4 is 15.9 Å². The molecule has 0 aliphatic heterocycles. The second-order valence-corrected chi connectivity index (χ2v) is 4.25. The number of nitriles is 1. The molecule has 1 nitrogen and oxygen atoms in total. The molecule has 2 rings (SSSR count). The van der Waals surface area contributed by atoms with Crippen molar-refractivity contribution in [3.8, 4) is 6.07 Å². The van der Waals surface area contributed by atoms with Gasteiger partial charge in [-0.3, -0.25) is 0 Å². The maximum absolute atomic E-state index is 8.95. The number of halogens is 1. The maximum atomic E-state index is 8.95. The van der Waals surface area contributed by atoms with Crippen LogP contribution in [0.15, 0.2) is 22.7 Å². The molecule has 0 saturated carbocycles. The molecule has 1 aromatic carbocycles. The van der Waals surface area contributed by atoms with Gasteiger partial charge in [-0.15, -0.1) is 0 Å². The minimum atomic E-state index is -0.255. The number of nitrogens with zero attached hydrogens (tertiary/aromatic N) is 1. The first-order valence-corrected chi connectivity index (χ1v) is 4.66. The van der Waals surface area contributed by atoms with E-state index in [-0.39, 0.29) is 5.41 Å². The van der Waals surface area contributed by atoms with Gasteiger partial charge >= 0.3 is 0 Å². The van der Waals surface area contributed by atoms with E-state index >= 15 is 0 Å². The van der Waals surface area contributed by atoms with E-state index in [0.29, 0.717) is 0 Å². The molecule has 0 N–H and O–H groups in total. The molecule has 1 aliphatic rings. The van der Waals surface area contributed by atoms with Crippen molar-refractivity contribution in [1.29, 1.82) is 5.26 Å². The van der Waals surface area contributed by atoms with Gasteiger partial charge in [0.05, 0.1) is 11.5 Å². The third-order valence-corrected chi connectivity index (χ3v) is 3.10. The zero-order valence-corrected chi connectivity index (χ0v) is 8.35. The summed E-state index contributed by atoms with van der Waals surface area (Å²) in [4.78, 5) is 0. The van der Waals surface area contributed by atoms with Crippen LogP contribution in [0.1, 0.15) is 18.1 Å². The molecule has 2 heteroatoms. The van der Waals surface area contributed by atoms with Gasteiger partial charge in [-0.25, -0.2) is 0 Å². The van der Waals surface area contributed by atoms with E-state index in [1.165, 1.54) is 11.1 Å². The summed E-state index contributed by atoms with van der Waals surface area (Å²) in [5.41, 5.74) is 2.22. The van der Waals surface area contributed by atoms with Gasteiger partial charge in [0.25, 0.3) is 0 Å². The van der Waals surface area contributed by atoms with E-state index in [2.05, 4.69) is 28.1 Å². The summed E-state index contributed by atoms with van der Waals surface area (Å²) in [5, 5.41) is 8.95. The molecule has 1 aliphatic carbocycles. The van der Waals surface area contributed by atoms with Gasteiger partial charge < -0.3 is 0 Å². The zero-order valence-electron chi connectivity index (χ0n) is 6.76. The van der Waals surface area contributed by atoms with E-state index in [9.17, 15) is 0 Å².